The molecule has 1 aromatic rings. The van der Waals surface area contributed by atoms with E-state index in [4.69, 9.17) is 0 Å². The molecular formula is C14H20FNO. The molecule has 1 fully saturated rings. The number of piperidine rings is 1. The second kappa shape index (κ2) is 4.75. The van der Waals surface area contributed by atoms with Gasteiger partial charge in [0.15, 0.2) is 0 Å². The van der Waals surface area contributed by atoms with Gasteiger partial charge in [0.2, 0.25) is 0 Å². The van der Waals surface area contributed by atoms with Gasteiger partial charge in [-0.1, -0.05) is 12.1 Å². The molecule has 2 N–H and O–H groups in total. The van der Waals surface area contributed by atoms with Crippen molar-refractivity contribution in [3.8, 4) is 0 Å². The molecule has 17 heavy (non-hydrogen) atoms. The van der Waals surface area contributed by atoms with Gasteiger partial charge in [-0.15, -0.1) is 0 Å². The third-order valence-electron chi connectivity index (χ3n) is 3.49. The van der Waals surface area contributed by atoms with Crippen LogP contribution in [0.15, 0.2) is 18.2 Å². The minimum Gasteiger partial charge on any atom is -0.386 e. The van der Waals surface area contributed by atoms with Gasteiger partial charge in [0.25, 0.3) is 0 Å². The highest BCUT2D eigenvalue weighted by molar-refractivity contribution is 5.30. The molecule has 0 aliphatic carbocycles. The molecule has 2 rings (SSSR count). The van der Waals surface area contributed by atoms with Crippen LogP contribution in [0.1, 0.15) is 43.7 Å². The molecule has 1 heterocycles. The second-order valence-corrected chi connectivity index (χ2v) is 5.32. The summed E-state index contributed by atoms with van der Waals surface area (Å²) in [6.07, 6.45) is 1.97. The molecule has 0 unspecified atom stereocenters. The van der Waals surface area contributed by atoms with E-state index in [0.717, 1.165) is 31.5 Å². The normalized spacial score (nSPS) is 18.4. The van der Waals surface area contributed by atoms with Gasteiger partial charge in [-0.3, -0.25) is 0 Å². The third-order valence-corrected chi connectivity index (χ3v) is 3.49. The highest BCUT2D eigenvalue weighted by Gasteiger charge is 2.22. The number of rotatable bonds is 2. The molecule has 0 bridgehead atoms. The van der Waals surface area contributed by atoms with E-state index in [1.807, 2.05) is 12.1 Å². The lowest BCUT2D eigenvalue weighted by molar-refractivity contribution is 0.0782. The Hall–Kier alpha value is -0.930. The van der Waals surface area contributed by atoms with E-state index in [0.29, 0.717) is 11.5 Å². The smallest absolute Gasteiger partial charge is 0.127 e. The van der Waals surface area contributed by atoms with Gasteiger partial charge in [0.1, 0.15) is 5.82 Å². The van der Waals surface area contributed by atoms with E-state index in [2.05, 4.69) is 5.32 Å². The Morgan fingerprint density at radius 3 is 2.47 bits per heavy atom. The summed E-state index contributed by atoms with van der Waals surface area (Å²) >= 11 is 0. The highest BCUT2D eigenvalue weighted by atomic mass is 19.1. The molecule has 94 valence electrons. The van der Waals surface area contributed by atoms with Crippen molar-refractivity contribution in [1.29, 1.82) is 0 Å². The van der Waals surface area contributed by atoms with Crippen LogP contribution in [0.4, 0.5) is 4.39 Å². The molecule has 0 radical (unpaired) electrons. The SMILES string of the molecule is CC(C)(O)c1ccc(C2CCNCC2)c(F)c1. The van der Waals surface area contributed by atoms with Crippen LogP contribution in [0.25, 0.3) is 0 Å². The predicted molar refractivity (Wildman–Crippen MR) is 66.5 cm³/mol. The molecule has 1 aliphatic heterocycles. The van der Waals surface area contributed by atoms with Crippen molar-refractivity contribution < 1.29 is 9.50 Å². The topological polar surface area (TPSA) is 32.3 Å². The molecular weight excluding hydrogens is 217 g/mol. The maximum Gasteiger partial charge on any atom is 0.127 e. The van der Waals surface area contributed by atoms with Gasteiger partial charge < -0.3 is 10.4 Å². The zero-order valence-electron chi connectivity index (χ0n) is 10.5. The Morgan fingerprint density at radius 1 is 1.29 bits per heavy atom. The Balaban J connectivity index is 2.25. The van der Waals surface area contributed by atoms with E-state index >= 15 is 0 Å². The quantitative estimate of drug-likeness (QED) is 0.828. The number of nitrogens with one attached hydrogen (secondary N) is 1. The van der Waals surface area contributed by atoms with Crippen molar-refractivity contribution in [3.63, 3.8) is 0 Å². The van der Waals surface area contributed by atoms with E-state index < -0.39 is 5.60 Å². The van der Waals surface area contributed by atoms with E-state index in [9.17, 15) is 9.50 Å². The predicted octanol–water partition coefficient (Wildman–Crippen LogP) is 2.52. The van der Waals surface area contributed by atoms with Crippen LogP contribution in [-0.2, 0) is 5.60 Å². The first kappa shape index (κ1) is 12.5. The molecule has 2 nitrogen and oxygen atoms in total. The van der Waals surface area contributed by atoms with Gasteiger partial charge in [0.05, 0.1) is 5.60 Å². The average Bonchev–Trinajstić information content (AvgIpc) is 2.29. The van der Waals surface area contributed by atoms with Crippen molar-refractivity contribution in [2.45, 2.75) is 38.2 Å². The van der Waals surface area contributed by atoms with Gasteiger partial charge in [-0.25, -0.2) is 4.39 Å². The highest BCUT2D eigenvalue weighted by Crippen LogP contribution is 2.30. The summed E-state index contributed by atoms with van der Waals surface area (Å²) in [5.74, 6) is 0.128. The first-order chi connectivity index (χ1) is 7.98. The fourth-order valence-electron chi connectivity index (χ4n) is 2.37. The molecule has 1 aliphatic rings. The Labute approximate surface area is 102 Å². The van der Waals surface area contributed by atoms with Crippen LogP contribution in [0.3, 0.4) is 0 Å². The summed E-state index contributed by atoms with van der Waals surface area (Å²) in [5.41, 5.74) is 0.445. The van der Waals surface area contributed by atoms with Crippen LogP contribution in [0, 0.1) is 5.82 Å². The molecule has 0 atom stereocenters. The summed E-state index contributed by atoms with van der Waals surface area (Å²) < 4.78 is 14.0. The van der Waals surface area contributed by atoms with Crippen molar-refractivity contribution >= 4 is 0 Å². The first-order valence-corrected chi connectivity index (χ1v) is 6.21. The lowest BCUT2D eigenvalue weighted by atomic mass is 9.87. The van der Waals surface area contributed by atoms with Gasteiger partial charge >= 0.3 is 0 Å². The Kier molecular flexibility index (Phi) is 3.50. The van der Waals surface area contributed by atoms with Crippen LogP contribution in [0.2, 0.25) is 0 Å². The maximum atomic E-state index is 14.0. The van der Waals surface area contributed by atoms with Crippen LogP contribution < -0.4 is 5.32 Å². The van der Waals surface area contributed by atoms with Gasteiger partial charge in [-0.05, 0) is 62.9 Å². The summed E-state index contributed by atoms with van der Waals surface area (Å²) in [6.45, 7) is 5.26. The minimum atomic E-state index is -0.979. The van der Waals surface area contributed by atoms with Gasteiger partial charge in [-0.2, -0.15) is 0 Å². The lowest BCUT2D eigenvalue weighted by Crippen LogP contribution is -2.27. The van der Waals surface area contributed by atoms with E-state index in [1.54, 1.807) is 13.8 Å². The molecule has 0 saturated carbocycles. The van der Waals surface area contributed by atoms with Crippen LogP contribution in [-0.4, -0.2) is 18.2 Å². The molecule has 1 saturated heterocycles. The number of benzene rings is 1. The summed E-state index contributed by atoms with van der Waals surface area (Å²) in [4.78, 5) is 0. The maximum absolute atomic E-state index is 14.0. The fraction of sp³-hybridized carbons (Fsp3) is 0.571. The summed E-state index contributed by atoms with van der Waals surface area (Å²) in [7, 11) is 0. The molecule has 0 spiro atoms. The van der Waals surface area contributed by atoms with E-state index in [1.165, 1.54) is 6.07 Å². The zero-order valence-corrected chi connectivity index (χ0v) is 10.5. The van der Waals surface area contributed by atoms with Crippen LogP contribution >= 0.6 is 0 Å². The Morgan fingerprint density at radius 2 is 1.94 bits per heavy atom. The van der Waals surface area contributed by atoms with Crippen molar-refractivity contribution in [1.82, 2.24) is 5.32 Å². The molecule has 0 aromatic heterocycles. The van der Waals surface area contributed by atoms with E-state index in [-0.39, 0.29) is 5.82 Å². The number of hydrogen-bond acceptors (Lipinski definition) is 2. The van der Waals surface area contributed by atoms with Gasteiger partial charge in [0, 0.05) is 0 Å². The Bertz CT molecular complexity index is 392. The first-order valence-electron chi connectivity index (χ1n) is 6.21. The monoisotopic (exact) mass is 237 g/mol. The molecule has 3 heteroatoms. The number of aliphatic hydroxyl groups is 1. The summed E-state index contributed by atoms with van der Waals surface area (Å²) in [5, 5.41) is 13.1. The fourth-order valence-corrected chi connectivity index (χ4v) is 2.37. The van der Waals surface area contributed by atoms with Crippen molar-refractivity contribution in [2.75, 3.05) is 13.1 Å². The second-order valence-electron chi connectivity index (χ2n) is 5.32. The van der Waals surface area contributed by atoms with Crippen molar-refractivity contribution in [3.05, 3.63) is 35.1 Å². The zero-order chi connectivity index (χ0) is 12.5. The minimum absolute atomic E-state index is 0.184. The molecule has 1 aromatic carbocycles. The third kappa shape index (κ3) is 2.85. The lowest BCUT2D eigenvalue weighted by Gasteiger charge is -2.25. The largest absolute Gasteiger partial charge is 0.386 e. The summed E-state index contributed by atoms with van der Waals surface area (Å²) in [6, 6.07) is 5.14. The number of halogens is 1. The molecule has 0 amide bonds. The van der Waals surface area contributed by atoms with Crippen molar-refractivity contribution in [2.24, 2.45) is 0 Å². The standard InChI is InChI=1S/C14H20FNO/c1-14(2,17)11-3-4-12(13(15)9-11)10-5-7-16-8-6-10/h3-4,9-10,16-17H,5-8H2,1-2H3. The average molecular weight is 237 g/mol. The van der Waals surface area contributed by atoms with Crippen LogP contribution in [0.5, 0.6) is 0 Å². The number of hydrogen-bond donors (Lipinski definition) is 2.